The van der Waals surface area contributed by atoms with E-state index < -0.39 is 9.84 Å². The molecule has 2 aromatic carbocycles. The van der Waals surface area contributed by atoms with Gasteiger partial charge in [0.2, 0.25) is 0 Å². The van der Waals surface area contributed by atoms with E-state index in [0.717, 1.165) is 35.1 Å². The van der Waals surface area contributed by atoms with E-state index in [1.165, 1.54) is 17.4 Å². The summed E-state index contributed by atoms with van der Waals surface area (Å²) >= 11 is 7.86. The van der Waals surface area contributed by atoms with Crippen molar-refractivity contribution in [2.75, 3.05) is 17.7 Å². The number of thioether (sulfide) groups is 1. The maximum atomic E-state index is 12.0. The Bertz CT molecular complexity index is 894. The van der Waals surface area contributed by atoms with Crippen molar-refractivity contribution < 1.29 is 8.42 Å². The van der Waals surface area contributed by atoms with Crippen LogP contribution < -0.4 is 4.90 Å². The zero-order valence-corrected chi connectivity index (χ0v) is 17.0. The molecule has 1 aliphatic rings. The molecule has 0 unspecified atom stereocenters. The Hall–Kier alpha value is -1.17. The predicted molar refractivity (Wildman–Crippen MR) is 107 cm³/mol. The van der Waals surface area contributed by atoms with Gasteiger partial charge in [-0.2, -0.15) is 0 Å². The van der Waals surface area contributed by atoms with E-state index in [9.17, 15) is 8.42 Å². The zero-order chi connectivity index (χ0) is 18.2. The third kappa shape index (κ3) is 4.33. The molecule has 0 aromatic heterocycles. The van der Waals surface area contributed by atoms with E-state index in [-0.39, 0.29) is 0 Å². The van der Waals surface area contributed by atoms with Crippen molar-refractivity contribution in [3.63, 3.8) is 0 Å². The molecule has 1 aliphatic heterocycles. The fourth-order valence-electron chi connectivity index (χ4n) is 3.06. The van der Waals surface area contributed by atoms with Gasteiger partial charge in [-0.3, -0.25) is 0 Å². The predicted octanol–water partition coefficient (Wildman–Crippen LogP) is 4.81. The summed E-state index contributed by atoms with van der Waals surface area (Å²) in [5.74, 6) is 0. The Morgan fingerprint density at radius 2 is 1.88 bits per heavy atom. The average molecular weight is 396 g/mol. The summed E-state index contributed by atoms with van der Waals surface area (Å²) in [6.45, 7) is 5.91. The number of hydrogen-bond acceptors (Lipinski definition) is 4. The maximum Gasteiger partial charge on any atom is 0.175 e. The summed E-state index contributed by atoms with van der Waals surface area (Å²) < 4.78 is 24.0. The Kier molecular flexibility index (Phi) is 5.37. The lowest BCUT2D eigenvalue weighted by molar-refractivity contribution is 0.601. The van der Waals surface area contributed by atoms with Crippen LogP contribution in [-0.4, -0.2) is 26.5 Å². The van der Waals surface area contributed by atoms with Crippen molar-refractivity contribution >= 4 is 38.9 Å². The lowest BCUT2D eigenvalue weighted by Gasteiger charge is -2.32. The minimum atomic E-state index is -3.23. The standard InChI is InChI=1S/C19H22ClNO2S2/c1-13(2)24-19-7-6-17(25(3,22)23)11-18(19)21-9-8-14-10-16(20)5-4-15(14)12-21/h4-7,10-11,13H,8-9,12H2,1-3H3. The molecule has 2 aromatic rings. The number of benzene rings is 2. The number of hydrogen-bond donors (Lipinski definition) is 0. The molecule has 0 aliphatic carbocycles. The van der Waals surface area contributed by atoms with Crippen LogP contribution in [0.4, 0.5) is 5.69 Å². The van der Waals surface area contributed by atoms with Crippen LogP contribution in [0, 0.1) is 0 Å². The molecule has 0 amide bonds. The Morgan fingerprint density at radius 1 is 1.12 bits per heavy atom. The van der Waals surface area contributed by atoms with Gasteiger partial charge in [-0.25, -0.2) is 8.42 Å². The summed E-state index contributed by atoms with van der Waals surface area (Å²) in [5, 5.41) is 1.20. The molecule has 0 saturated heterocycles. The van der Waals surface area contributed by atoms with Gasteiger partial charge in [0.15, 0.2) is 9.84 Å². The van der Waals surface area contributed by atoms with Gasteiger partial charge in [0.05, 0.1) is 10.6 Å². The van der Waals surface area contributed by atoms with Gasteiger partial charge in [0, 0.05) is 34.5 Å². The monoisotopic (exact) mass is 395 g/mol. The molecule has 0 N–H and O–H groups in total. The number of halogens is 1. The summed E-state index contributed by atoms with van der Waals surface area (Å²) in [7, 11) is -3.23. The van der Waals surface area contributed by atoms with Gasteiger partial charge < -0.3 is 4.90 Å². The maximum absolute atomic E-state index is 12.0. The molecule has 3 rings (SSSR count). The van der Waals surface area contributed by atoms with Gasteiger partial charge in [-0.05, 0) is 47.9 Å². The van der Waals surface area contributed by atoms with E-state index >= 15 is 0 Å². The second-order valence-corrected chi connectivity index (χ2v) is 10.7. The zero-order valence-electron chi connectivity index (χ0n) is 14.6. The number of fused-ring (bicyclic) bond motifs is 1. The highest BCUT2D eigenvalue weighted by molar-refractivity contribution is 8.00. The van der Waals surface area contributed by atoms with Crippen molar-refractivity contribution in [1.82, 2.24) is 0 Å². The molecular weight excluding hydrogens is 374 g/mol. The molecule has 0 spiro atoms. The van der Waals surface area contributed by atoms with E-state index in [0.29, 0.717) is 10.1 Å². The second-order valence-electron chi connectivity index (χ2n) is 6.65. The Morgan fingerprint density at radius 3 is 2.56 bits per heavy atom. The van der Waals surface area contributed by atoms with Crippen molar-refractivity contribution in [1.29, 1.82) is 0 Å². The summed E-state index contributed by atoms with van der Waals surface area (Å²) in [4.78, 5) is 3.77. The normalized spacial score (nSPS) is 14.7. The van der Waals surface area contributed by atoms with Crippen LogP contribution in [0.15, 0.2) is 46.2 Å². The fraction of sp³-hybridized carbons (Fsp3) is 0.368. The summed E-state index contributed by atoms with van der Waals surface area (Å²) in [6.07, 6.45) is 2.17. The number of rotatable bonds is 4. The quantitative estimate of drug-likeness (QED) is 0.696. The summed E-state index contributed by atoms with van der Waals surface area (Å²) in [6, 6.07) is 11.5. The minimum absolute atomic E-state index is 0.373. The molecule has 0 radical (unpaired) electrons. The number of sulfone groups is 1. The van der Waals surface area contributed by atoms with Gasteiger partial charge in [-0.15, -0.1) is 11.8 Å². The van der Waals surface area contributed by atoms with Crippen molar-refractivity contribution in [3.05, 3.63) is 52.5 Å². The lowest BCUT2D eigenvalue weighted by Crippen LogP contribution is -2.31. The fourth-order valence-corrected chi connectivity index (χ4v) is 4.85. The third-order valence-electron chi connectivity index (χ3n) is 4.24. The molecule has 134 valence electrons. The van der Waals surface area contributed by atoms with E-state index in [4.69, 9.17) is 11.6 Å². The third-order valence-corrected chi connectivity index (χ3v) is 6.66. The topological polar surface area (TPSA) is 37.4 Å². The number of anilines is 1. The van der Waals surface area contributed by atoms with E-state index in [1.54, 1.807) is 17.8 Å². The molecule has 25 heavy (non-hydrogen) atoms. The molecule has 6 heteroatoms. The van der Waals surface area contributed by atoms with E-state index in [1.807, 2.05) is 24.3 Å². The average Bonchev–Trinajstić information content (AvgIpc) is 2.53. The van der Waals surface area contributed by atoms with Crippen LogP contribution in [0.25, 0.3) is 0 Å². The van der Waals surface area contributed by atoms with Gasteiger partial charge in [0.1, 0.15) is 0 Å². The molecule has 0 saturated carbocycles. The first-order valence-electron chi connectivity index (χ1n) is 8.27. The van der Waals surface area contributed by atoms with Crippen molar-refractivity contribution in [3.8, 4) is 0 Å². The SMILES string of the molecule is CC(C)Sc1ccc(S(C)(=O)=O)cc1N1CCc2cc(Cl)ccc2C1. The van der Waals surface area contributed by atoms with Crippen molar-refractivity contribution in [2.45, 2.75) is 41.9 Å². The van der Waals surface area contributed by atoms with Crippen LogP contribution in [0.1, 0.15) is 25.0 Å². The summed E-state index contributed by atoms with van der Waals surface area (Å²) in [5.41, 5.74) is 3.53. The van der Waals surface area contributed by atoms with Gasteiger partial charge in [-0.1, -0.05) is 31.5 Å². The van der Waals surface area contributed by atoms with Crippen LogP contribution in [0.3, 0.4) is 0 Å². The largest absolute Gasteiger partial charge is 0.366 e. The molecule has 0 atom stereocenters. The van der Waals surface area contributed by atoms with Crippen LogP contribution in [-0.2, 0) is 22.8 Å². The first-order chi connectivity index (χ1) is 11.7. The van der Waals surface area contributed by atoms with Gasteiger partial charge in [0.25, 0.3) is 0 Å². The second kappa shape index (κ2) is 7.22. The lowest BCUT2D eigenvalue weighted by atomic mass is 9.99. The van der Waals surface area contributed by atoms with Gasteiger partial charge >= 0.3 is 0 Å². The molecule has 0 bridgehead atoms. The highest BCUT2D eigenvalue weighted by atomic mass is 35.5. The number of nitrogens with zero attached hydrogens (tertiary/aromatic N) is 1. The molecule has 3 nitrogen and oxygen atoms in total. The Labute approximate surface area is 159 Å². The molecule has 1 heterocycles. The molecular formula is C19H22ClNO2S2. The molecule has 0 fully saturated rings. The minimum Gasteiger partial charge on any atom is -0.366 e. The van der Waals surface area contributed by atoms with E-state index in [2.05, 4.69) is 24.8 Å². The van der Waals surface area contributed by atoms with Crippen LogP contribution in [0.5, 0.6) is 0 Å². The van der Waals surface area contributed by atoms with Crippen LogP contribution >= 0.6 is 23.4 Å². The Balaban J connectivity index is 2.01. The first-order valence-corrected chi connectivity index (χ1v) is 11.4. The smallest absolute Gasteiger partial charge is 0.175 e. The first kappa shape index (κ1) is 18.6. The highest BCUT2D eigenvalue weighted by Crippen LogP contribution is 2.37. The van der Waals surface area contributed by atoms with Crippen molar-refractivity contribution in [2.24, 2.45) is 0 Å². The van der Waals surface area contributed by atoms with Crippen LogP contribution in [0.2, 0.25) is 5.02 Å². The highest BCUT2D eigenvalue weighted by Gasteiger charge is 2.21.